The molecule has 28 heavy (non-hydrogen) atoms. The molecule has 0 unspecified atom stereocenters. The van der Waals surface area contributed by atoms with E-state index in [1.165, 1.54) is 25.7 Å². The van der Waals surface area contributed by atoms with Crippen LogP contribution in [0.2, 0.25) is 5.02 Å². The van der Waals surface area contributed by atoms with Crippen molar-refractivity contribution < 1.29 is 13.9 Å². The summed E-state index contributed by atoms with van der Waals surface area (Å²) in [7, 11) is 0. The van der Waals surface area contributed by atoms with Gasteiger partial charge in [0.15, 0.2) is 0 Å². The molecule has 144 valence electrons. The fourth-order valence-electron chi connectivity index (χ4n) is 3.49. The standard InChI is InChI=1S/C21H19ClFN3O2/c22-18-10-15(23)11-25-19(18)20(27)26-16-5-6-17-14(9-16)7-8-24-21(17)28-12-13-3-1-2-4-13/h5-11,13H,1-4,12H2,(H,26,27). The van der Waals surface area contributed by atoms with E-state index < -0.39 is 11.7 Å². The number of pyridine rings is 2. The molecule has 5 nitrogen and oxygen atoms in total. The molecule has 1 fully saturated rings. The second-order valence-electron chi connectivity index (χ2n) is 6.95. The highest BCUT2D eigenvalue weighted by molar-refractivity contribution is 6.34. The van der Waals surface area contributed by atoms with Crippen molar-refractivity contribution >= 4 is 34.0 Å². The van der Waals surface area contributed by atoms with Crippen LogP contribution in [-0.2, 0) is 0 Å². The summed E-state index contributed by atoms with van der Waals surface area (Å²) >= 11 is 5.91. The number of fused-ring (bicyclic) bond motifs is 1. The van der Waals surface area contributed by atoms with Crippen LogP contribution in [0.15, 0.2) is 42.7 Å². The smallest absolute Gasteiger partial charge is 0.275 e. The predicted octanol–water partition coefficient (Wildman–Crippen LogP) is 5.24. The van der Waals surface area contributed by atoms with Crippen molar-refractivity contribution in [3.63, 3.8) is 0 Å². The van der Waals surface area contributed by atoms with Gasteiger partial charge in [-0.2, -0.15) is 0 Å². The number of halogens is 2. The Hall–Kier alpha value is -2.73. The maximum atomic E-state index is 13.1. The maximum absolute atomic E-state index is 13.1. The lowest BCUT2D eigenvalue weighted by atomic mass is 10.1. The molecule has 3 aromatic rings. The van der Waals surface area contributed by atoms with Crippen molar-refractivity contribution in [2.75, 3.05) is 11.9 Å². The molecule has 1 aliphatic carbocycles. The normalized spacial score (nSPS) is 14.4. The van der Waals surface area contributed by atoms with Gasteiger partial charge in [-0.05, 0) is 54.5 Å². The van der Waals surface area contributed by atoms with E-state index in [0.717, 1.165) is 23.0 Å². The highest BCUT2D eigenvalue weighted by Crippen LogP contribution is 2.29. The summed E-state index contributed by atoms with van der Waals surface area (Å²) in [5.41, 5.74) is 0.547. The van der Waals surface area contributed by atoms with E-state index in [0.29, 0.717) is 24.1 Å². The number of hydrogen-bond acceptors (Lipinski definition) is 4. The molecule has 1 amide bonds. The van der Waals surface area contributed by atoms with E-state index in [-0.39, 0.29) is 10.7 Å². The number of carbonyl (C=O) groups excluding carboxylic acids is 1. The van der Waals surface area contributed by atoms with Crippen molar-refractivity contribution in [2.45, 2.75) is 25.7 Å². The van der Waals surface area contributed by atoms with E-state index in [2.05, 4.69) is 15.3 Å². The van der Waals surface area contributed by atoms with Gasteiger partial charge in [-0.25, -0.2) is 14.4 Å². The number of hydrogen-bond donors (Lipinski definition) is 1. The summed E-state index contributed by atoms with van der Waals surface area (Å²) in [6.45, 7) is 0.680. The molecule has 1 aliphatic rings. The zero-order chi connectivity index (χ0) is 19.5. The third kappa shape index (κ3) is 4.07. The number of benzene rings is 1. The van der Waals surface area contributed by atoms with E-state index in [1.54, 1.807) is 12.3 Å². The lowest BCUT2D eigenvalue weighted by Gasteiger charge is -2.13. The second-order valence-corrected chi connectivity index (χ2v) is 7.36. The first-order chi connectivity index (χ1) is 13.6. The lowest BCUT2D eigenvalue weighted by molar-refractivity contribution is 0.102. The van der Waals surface area contributed by atoms with Gasteiger partial charge in [-0.1, -0.05) is 24.4 Å². The zero-order valence-electron chi connectivity index (χ0n) is 15.1. The van der Waals surface area contributed by atoms with Crippen molar-refractivity contribution in [2.24, 2.45) is 5.92 Å². The topological polar surface area (TPSA) is 64.1 Å². The summed E-state index contributed by atoms with van der Waals surface area (Å²) in [6.07, 6.45) is 7.61. The monoisotopic (exact) mass is 399 g/mol. The van der Waals surface area contributed by atoms with Crippen LogP contribution in [0.4, 0.5) is 10.1 Å². The average molecular weight is 400 g/mol. The Balaban J connectivity index is 1.52. The number of anilines is 1. The number of nitrogens with zero attached hydrogens (tertiary/aromatic N) is 2. The zero-order valence-corrected chi connectivity index (χ0v) is 15.9. The third-order valence-electron chi connectivity index (χ3n) is 4.94. The van der Waals surface area contributed by atoms with Crippen LogP contribution in [0, 0.1) is 11.7 Å². The van der Waals surface area contributed by atoms with Gasteiger partial charge < -0.3 is 10.1 Å². The summed E-state index contributed by atoms with van der Waals surface area (Å²) in [5, 5.41) is 4.48. The van der Waals surface area contributed by atoms with Crippen LogP contribution >= 0.6 is 11.6 Å². The molecule has 2 aromatic heterocycles. The SMILES string of the molecule is O=C(Nc1ccc2c(OCC3CCCC3)nccc2c1)c1ncc(F)cc1Cl. The summed E-state index contributed by atoms with van der Waals surface area (Å²) in [5.74, 6) is 0.107. The molecule has 0 atom stereocenters. The largest absolute Gasteiger partial charge is 0.477 e. The number of amides is 1. The summed E-state index contributed by atoms with van der Waals surface area (Å²) in [4.78, 5) is 20.5. The minimum absolute atomic E-state index is 0.0292. The van der Waals surface area contributed by atoms with Gasteiger partial charge in [0, 0.05) is 17.3 Å². The predicted molar refractivity (Wildman–Crippen MR) is 106 cm³/mol. The van der Waals surface area contributed by atoms with Crippen molar-refractivity contribution in [3.05, 3.63) is 59.3 Å². The molecule has 4 rings (SSSR count). The van der Waals surface area contributed by atoms with Gasteiger partial charge in [0.1, 0.15) is 11.5 Å². The Morgan fingerprint density at radius 2 is 2.04 bits per heavy atom. The molecule has 0 aliphatic heterocycles. The van der Waals surface area contributed by atoms with Crippen LogP contribution in [0.1, 0.15) is 36.2 Å². The number of carbonyl (C=O) groups is 1. The summed E-state index contributed by atoms with van der Waals surface area (Å²) < 4.78 is 19.1. The fraction of sp³-hybridized carbons (Fsp3) is 0.286. The first-order valence-corrected chi connectivity index (χ1v) is 9.62. The molecule has 0 spiro atoms. The first kappa shape index (κ1) is 18.6. The van der Waals surface area contributed by atoms with Crippen molar-refractivity contribution in [3.8, 4) is 5.88 Å². The lowest BCUT2D eigenvalue weighted by Crippen LogP contribution is -2.14. The highest BCUT2D eigenvalue weighted by Gasteiger charge is 2.17. The first-order valence-electron chi connectivity index (χ1n) is 9.24. The Morgan fingerprint density at radius 3 is 2.82 bits per heavy atom. The molecule has 0 saturated heterocycles. The molecular weight excluding hydrogens is 381 g/mol. The molecule has 0 radical (unpaired) electrons. The number of nitrogens with one attached hydrogen (secondary N) is 1. The minimum atomic E-state index is -0.593. The molecule has 1 N–H and O–H groups in total. The van der Waals surface area contributed by atoms with Crippen molar-refractivity contribution in [1.82, 2.24) is 9.97 Å². The van der Waals surface area contributed by atoms with Crippen LogP contribution < -0.4 is 10.1 Å². The average Bonchev–Trinajstić information content (AvgIpc) is 3.19. The van der Waals surface area contributed by atoms with Crippen LogP contribution in [0.25, 0.3) is 10.8 Å². The number of aromatic nitrogens is 2. The summed E-state index contributed by atoms with van der Waals surface area (Å²) in [6, 6.07) is 8.37. The second kappa shape index (κ2) is 8.10. The van der Waals surface area contributed by atoms with Crippen LogP contribution in [-0.4, -0.2) is 22.5 Å². The minimum Gasteiger partial charge on any atom is -0.477 e. The molecule has 1 saturated carbocycles. The maximum Gasteiger partial charge on any atom is 0.275 e. The van der Waals surface area contributed by atoms with Crippen LogP contribution in [0.5, 0.6) is 5.88 Å². The molecular formula is C21H19ClFN3O2. The van der Waals surface area contributed by atoms with Gasteiger partial charge in [-0.15, -0.1) is 0 Å². The van der Waals surface area contributed by atoms with Gasteiger partial charge in [0.05, 0.1) is 17.8 Å². The molecule has 0 bridgehead atoms. The molecule has 7 heteroatoms. The van der Waals surface area contributed by atoms with Gasteiger partial charge in [-0.3, -0.25) is 4.79 Å². The Bertz CT molecular complexity index is 1020. The van der Waals surface area contributed by atoms with Gasteiger partial charge in [0.25, 0.3) is 5.91 Å². The van der Waals surface area contributed by atoms with Crippen LogP contribution in [0.3, 0.4) is 0 Å². The Morgan fingerprint density at radius 1 is 1.21 bits per heavy atom. The molecule has 2 heterocycles. The van der Waals surface area contributed by atoms with Gasteiger partial charge in [0.2, 0.25) is 5.88 Å². The Kier molecular flexibility index (Phi) is 5.39. The Labute approximate surface area is 166 Å². The van der Waals surface area contributed by atoms with E-state index in [1.807, 2.05) is 18.2 Å². The van der Waals surface area contributed by atoms with Crippen molar-refractivity contribution in [1.29, 1.82) is 0 Å². The van der Waals surface area contributed by atoms with E-state index in [9.17, 15) is 9.18 Å². The quantitative estimate of drug-likeness (QED) is 0.636. The third-order valence-corrected chi connectivity index (χ3v) is 5.23. The highest BCUT2D eigenvalue weighted by atomic mass is 35.5. The van der Waals surface area contributed by atoms with E-state index >= 15 is 0 Å². The van der Waals surface area contributed by atoms with Gasteiger partial charge >= 0.3 is 0 Å². The van der Waals surface area contributed by atoms with E-state index in [4.69, 9.17) is 16.3 Å². The molecule has 1 aromatic carbocycles. The number of ether oxygens (including phenoxy) is 1. The number of rotatable bonds is 5. The fourth-order valence-corrected chi connectivity index (χ4v) is 3.73.